The van der Waals surface area contributed by atoms with Crippen molar-refractivity contribution >= 4 is 11.7 Å². The van der Waals surface area contributed by atoms with Gasteiger partial charge in [-0.3, -0.25) is 4.90 Å². The van der Waals surface area contributed by atoms with E-state index in [-0.39, 0.29) is 24.1 Å². The van der Waals surface area contributed by atoms with Crippen LogP contribution in [0.2, 0.25) is 0 Å². The summed E-state index contributed by atoms with van der Waals surface area (Å²) in [4.78, 5) is 15.4. The van der Waals surface area contributed by atoms with Gasteiger partial charge in [-0.25, -0.2) is 4.79 Å². The zero-order valence-corrected chi connectivity index (χ0v) is 19.3. The van der Waals surface area contributed by atoms with E-state index in [2.05, 4.69) is 73.3 Å². The molecule has 0 saturated carbocycles. The van der Waals surface area contributed by atoms with Crippen LogP contribution >= 0.6 is 0 Å². The molecule has 2 atom stereocenters. The van der Waals surface area contributed by atoms with E-state index < -0.39 is 0 Å². The molecule has 6 rings (SSSR count). The van der Waals surface area contributed by atoms with Crippen molar-refractivity contribution < 1.29 is 9.53 Å². The minimum Gasteiger partial charge on any atom is -0.448 e. The fourth-order valence-electron chi connectivity index (χ4n) is 6.03. The van der Waals surface area contributed by atoms with E-state index >= 15 is 0 Å². The average molecular weight is 448 g/mol. The molecular formula is C31H29NO2. The lowest BCUT2D eigenvalue weighted by molar-refractivity contribution is 0.0517. The summed E-state index contributed by atoms with van der Waals surface area (Å²) < 4.78 is 6.03. The number of hydrogen-bond donors (Lipinski definition) is 0. The molecule has 1 amide bonds. The molecule has 3 aliphatic rings. The number of piperidine rings is 1. The molecule has 1 aliphatic carbocycles. The molecule has 170 valence electrons. The van der Waals surface area contributed by atoms with Gasteiger partial charge in [-0.05, 0) is 64.6 Å². The Morgan fingerprint density at radius 1 is 0.882 bits per heavy atom. The third kappa shape index (κ3) is 3.56. The molecular weight excluding hydrogens is 418 g/mol. The van der Waals surface area contributed by atoms with Gasteiger partial charge in [-0.1, -0.05) is 91.5 Å². The van der Waals surface area contributed by atoms with Gasteiger partial charge in [0, 0.05) is 12.0 Å². The second-order valence-electron chi connectivity index (χ2n) is 9.60. The molecule has 2 aliphatic heterocycles. The number of allylic oxidation sites excluding steroid dienone is 1. The van der Waals surface area contributed by atoms with Crippen molar-refractivity contribution in [3.63, 3.8) is 0 Å². The Morgan fingerprint density at radius 2 is 1.53 bits per heavy atom. The first-order valence-electron chi connectivity index (χ1n) is 12.3. The van der Waals surface area contributed by atoms with Gasteiger partial charge < -0.3 is 4.74 Å². The van der Waals surface area contributed by atoms with Gasteiger partial charge in [-0.15, -0.1) is 0 Å². The van der Waals surface area contributed by atoms with Crippen LogP contribution in [0.1, 0.15) is 48.3 Å². The molecule has 3 aromatic rings. The average Bonchev–Trinajstić information content (AvgIpc) is 3.20. The van der Waals surface area contributed by atoms with Crippen LogP contribution in [0.5, 0.6) is 0 Å². The summed E-state index contributed by atoms with van der Waals surface area (Å²) in [6, 6.07) is 27.5. The number of carbonyl (C=O) groups excluding carboxylic acids is 1. The van der Waals surface area contributed by atoms with E-state index in [1.165, 1.54) is 27.8 Å². The van der Waals surface area contributed by atoms with Crippen LogP contribution in [0.4, 0.5) is 4.79 Å². The molecule has 2 bridgehead atoms. The normalized spacial score (nSPS) is 20.8. The van der Waals surface area contributed by atoms with Crippen molar-refractivity contribution in [2.24, 2.45) is 0 Å². The van der Waals surface area contributed by atoms with E-state index in [9.17, 15) is 4.79 Å². The van der Waals surface area contributed by atoms with Crippen LogP contribution in [0.25, 0.3) is 16.7 Å². The highest BCUT2D eigenvalue weighted by atomic mass is 16.6. The van der Waals surface area contributed by atoms with Crippen LogP contribution in [-0.4, -0.2) is 29.7 Å². The van der Waals surface area contributed by atoms with Gasteiger partial charge in [0.2, 0.25) is 0 Å². The molecule has 0 radical (unpaired) electrons. The lowest BCUT2D eigenvalue weighted by Crippen LogP contribution is -2.52. The Balaban J connectivity index is 1.20. The smallest absolute Gasteiger partial charge is 0.410 e. The second-order valence-corrected chi connectivity index (χ2v) is 9.60. The van der Waals surface area contributed by atoms with Crippen molar-refractivity contribution in [1.29, 1.82) is 0 Å². The van der Waals surface area contributed by atoms with Gasteiger partial charge in [0.1, 0.15) is 6.61 Å². The highest BCUT2D eigenvalue weighted by Crippen LogP contribution is 2.45. The standard InChI is InChI=1S/C31H29NO2/c1-21(22-10-3-2-4-11-22)23-18-24-12-9-13-25(19-23)32(24)31(33)34-20-30-28-16-7-5-14-26(28)27-15-6-8-17-29(27)30/h2-8,10-11,14-18,24-25,30H,1,9,12-13,19-20H2. The van der Waals surface area contributed by atoms with E-state index in [0.29, 0.717) is 6.61 Å². The predicted molar refractivity (Wildman–Crippen MR) is 137 cm³/mol. The fraction of sp³-hybridized carbons (Fsp3) is 0.258. The van der Waals surface area contributed by atoms with Crippen LogP contribution in [0.15, 0.2) is 97.1 Å². The highest BCUT2D eigenvalue weighted by Gasteiger charge is 2.39. The lowest BCUT2D eigenvalue weighted by Gasteiger charge is -2.44. The molecule has 2 unspecified atom stereocenters. The second kappa shape index (κ2) is 8.64. The molecule has 0 aromatic heterocycles. The predicted octanol–water partition coefficient (Wildman–Crippen LogP) is 7.20. The van der Waals surface area contributed by atoms with Crippen molar-refractivity contribution in [3.05, 3.63) is 114 Å². The maximum Gasteiger partial charge on any atom is 0.410 e. The monoisotopic (exact) mass is 447 g/mol. The van der Waals surface area contributed by atoms with E-state index in [0.717, 1.165) is 36.8 Å². The summed E-state index contributed by atoms with van der Waals surface area (Å²) in [5, 5.41) is 0. The van der Waals surface area contributed by atoms with Crippen molar-refractivity contribution in [2.75, 3.05) is 6.61 Å². The summed E-state index contributed by atoms with van der Waals surface area (Å²) in [6.45, 7) is 4.75. The van der Waals surface area contributed by atoms with E-state index in [1.807, 2.05) is 23.1 Å². The van der Waals surface area contributed by atoms with Crippen molar-refractivity contribution in [3.8, 4) is 11.1 Å². The number of nitrogens with zero attached hydrogens (tertiary/aromatic N) is 1. The number of ether oxygens (including phenoxy) is 1. The number of benzene rings is 3. The maximum atomic E-state index is 13.4. The molecule has 2 heterocycles. The third-order valence-electron chi connectivity index (χ3n) is 7.69. The number of amides is 1. The van der Waals surface area contributed by atoms with Gasteiger partial charge in [0.05, 0.1) is 6.04 Å². The molecule has 0 N–H and O–H groups in total. The lowest BCUT2D eigenvalue weighted by atomic mass is 9.82. The first kappa shape index (κ1) is 21.0. The molecule has 3 aromatic carbocycles. The van der Waals surface area contributed by atoms with Gasteiger partial charge in [-0.2, -0.15) is 0 Å². The highest BCUT2D eigenvalue weighted by molar-refractivity contribution is 5.80. The largest absolute Gasteiger partial charge is 0.448 e. The molecule has 3 heteroatoms. The van der Waals surface area contributed by atoms with Crippen LogP contribution < -0.4 is 0 Å². The molecule has 0 spiro atoms. The minimum absolute atomic E-state index is 0.0820. The van der Waals surface area contributed by atoms with E-state index in [4.69, 9.17) is 4.74 Å². The van der Waals surface area contributed by atoms with Gasteiger partial charge in [0.15, 0.2) is 0 Å². The first-order chi connectivity index (χ1) is 16.7. The Labute approximate surface area is 201 Å². The van der Waals surface area contributed by atoms with Crippen LogP contribution in [0, 0.1) is 0 Å². The summed E-state index contributed by atoms with van der Waals surface area (Å²) >= 11 is 0. The van der Waals surface area contributed by atoms with Gasteiger partial charge in [0.25, 0.3) is 0 Å². The molecule has 1 fully saturated rings. The third-order valence-corrected chi connectivity index (χ3v) is 7.69. The number of carbonyl (C=O) groups is 1. The Hall–Kier alpha value is -3.59. The summed E-state index contributed by atoms with van der Waals surface area (Å²) in [5.74, 6) is 0.0879. The van der Waals surface area contributed by atoms with Crippen LogP contribution in [-0.2, 0) is 4.74 Å². The summed E-state index contributed by atoms with van der Waals surface area (Å²) in [5.41, 5.74) is 8.49. The minimum atomic E-state index is -0.183. The first-order valence-corrected chi connectivity index (χ1v) is 12.3. The Morgan fingerprint density at radius 3 is 2.21 bits per heavy atom. The zero-order valence-electron chi connectivity index (χ0n) is 19.3. The quantitative estimate of drug-likeness (QED) is 0.423. The number of hydrogen-bond acceptors (Lipinski definition) is 2. The fourth-order valence-corrected chi connectivity index (χ4v) is 6.03. The Kier molecular flexibility index (Phi) is 5.33. The SMILES string of the molecule is C=C(C1=CC2CCCC(C1)N2C(=O)OCC1c2ccccc2-c2ccccc21)c1ccccc1. The van der Waals surface area contributed by atoms with Crippen molar-refractivity contribution in [1.82, 2.24) is 4.90 Å². The number of rotatable bonds is 4. The zero-order chi connectivity index (χ0) is 23.1. The van der Waals surface area contributed by atoms with Crippen LogP contribution in [0.3, 0.4) is 0 Å². The van der Waals surface area contributed by atoms with Crippen molar-refractivity contribution in [2.45, 2.75) is 43.7 Å². The topological polar surface area (TPSA) is 29.5 Å². The summed E-state index contributed by atoms with van der Waals surface area (Å²) in [6.07, 6.45) is 6.05. The molecule has 34 heavy (non-hydrogen) atoms. The molecule has 1 saturated heterocycles. The van der Waals surface area contributed by atoms with E-state index in [1.54, 1.807) is 0 Å². The number of fused-ring (bicyclic) bond motifs is 5. The maximum absolute atomic E-state index is 13.4. The summed E-state index contributed by atoms with van der Waals surface area (Å²) in [7, 11) is 0. The Bertz CT molecular complexity index is 1230. The van der Waals surface area contributed by atoms with Gasteiger partial charge >= 0.3 is 6.09 Å². The molecule has 3 nitrogen and oxygen atoms in total.